The van der Waals surface area contributed by atoms with Crippen LogP contribution in [-0.2, 0) is 11.2 Å². The second-order valence-electron chi connectivity index (χ2n) is 10.5. The molecule has 0 aliphatic rings. The summed E-state index contributed by atoms with van der Waals surface area (Å²) in [7, 11) is 0. The minimum absolute atomic E-state index is 0.209. The van der Waals surface area contributed by atoms with Crippen molar-refractivity contribution in [1.82, 2.24) is 5.32 Å². The fourth-order valence-corrected chi connectivity index (χ4v) is 4.72. The Hall–Kier alpha value is -2.86. The molecular formula is C33H49NO5. The molecule has 0 saturated heterocycles. The smallest absolute Gasteiger partial charge is 0.334 e. The van der Waals surface area contributed by atoms with E-state index in [1.165, 1.54) is 77.0 Å². The van der Waals surface area contributed by atoms with Crippen molar-refractivity contribution in [2.24, 2.45) is 0 Å². The number of carbonyl (C=O) groups excluding carboxylic acids is 1. The van der Waals surface area contributed by atoms with E-state index in [0.717, 1.165) is 18.4 Å². The number of amides is 1. The zero-order valence-electron chi connectivity index (χ0n) is 23.8. The highest BCUT2D eigenvalue weighted by atomic mass is 16.5. The molecule has 39 heavy (non-hydrogen) atoms. The maximum absolute atomic E-state index is 12.7. The van der Waals surface area contributed by atoms with Gasteiger partial charge in [-0.25, -0.2) is 4.79 Å². The van der Waals surface area contributed by atoms with Crippen molar-refractivity contribution in [2.45, 2.75) is 115 Å². The van der Waals surface area contributed by atoms with Crippen molar-refractivity contribution < 1.29 is 24.5 Å². The number of carbonyl (C=O) groups is 2. The molecule has 216 valence electrons. The maximum atomic E-state index is 12.7. The van der Waals surface area contributed by atoms with Gasteiger partial charge in [-0.05, 0) is 42.7 Å². The first kappa shape index (κ1) is 32.4. The quantitative estimate of drug-likeness (QED) is 0.136. The van der Waals surface area contributed by atoms with E-state index in [1.807, 2.05) is 30.3 Å². The minimum Gasteiger partial charge on any atom is -0.494 e. The summed E-state index contributed by atoms with van der Waals surface area (Å²) in [5.41, 5.74) is 1.21. The zero-order chi connectivity index (χ0) is 28.1. The first-order valence-corrected chi connectivity index (χ1v) is 15.0. The van der Waals surface area contributed by atoms with Crippen molar-refractivity contribution in [3.63, 3.8) is 0 Å². The molecule has 0 spiro atoms. The van der Waals surface area contributed by atoms with E-state index in [4.69, 9.17) is 4.74 Å². The molecule has 2 aromatic carbocycles. The molecule has 6 nitrogen and oxygen atoms in total. The van der Waals surface area contributed by atoms with Crippen molar-refractivity contribution in [1.29, 1.82) is 0 Å². The van der Waals surface area contributed by atoms with Gasteiger partial charge in [-0.3, -0.25) is 4.79 Å². The lowest BCUT2D eigenvalue weighted by Crippen LogP contribution is -2.48. The predicted octanol–water partition coefficient (Wildman–Crippen LogP) is 7.33. The molecule has 0 aliphatic heterocycles. The molecule has 0 bridgehead atoms. The predicted molar refractivity (Wildman–Crippen MR) is 157 cm³/mol. The lowest BCUT2D eigenvalue weighted by Gasteiger charge is -2.21. The number of aliphatic hydroxyl groups is 1. The Bertz CT molecular complexity index is 915. The van der Waals surface area contributed by atoms with E-state index in [1.54, 1.807) is 24.3 Å². The summed E-state index contributed by atoms with van der Waals surface area (Å²) in [6.45, 7) is 2.91. The molecule has 0 heterocycles. The molecule has 0 aliphatic carbocycles. The number of unbranched alkanes of at least 4 members (excludes halogenated alkanes) is 13. The van der Waals surface area contributed by atoms with Crippen LogP contribution in [0.4, 0.5) is 0 Å². The van der Waals surface area contributed by atoms with Gasteiger partial charge < -0.3 is 20.3 Å². The fourth-order valence-electron chi connectivity index (χ4n) is 4.72. The summed E-state index contributed by atoms with van der Waals surface area (Å²) in [6, 6.07) is 15.0. The Morgan fingerprint density at radius 2 is 1.26 bits per heavy atom. The van der Waals surface area contributed by atoms with E-state index in [9.17, 15) is 19.8 Å². The standard InChI is InChI=1S/C33H49NO5/c1-2-3-4-5-6-7-8-9-10-11-12-13-14-18-25-39-29-23-21-28(22-24-29)32(36)34-30(31(35)33(37)38)26-27-19-16-15-17-20-27/h15-17,19-24,30-31,35H,2-14,18,25-26H2,1H3,(H,34,36)(H,37,38)/t30-,31+/m0/s1. The van der Waals surface area contributed by atoms with Gasteiger partial charge in [0.05, 0.1) is 12.6 Å². The minimum atomic E-state index is -1.71. The molecule has 0 fully saturated rings. The summed E-state index contributed by atoms with van der Waals surface area (Å²) < 4.78 is 5.83. The number of benzene rings is 2. The molecule has 0 radical (unpaired) electrons. The number of hydrogen-bond acceptors (Lipinski definition) is 4. The topological polar surface area (TPSA) is 95.9 Å². The van der Waals surface area contributed by atoms with E-state index >= 15 is 0 Å². The Labute approximate surface area is 235 Å². The molecule has 0 aromatic heterocycles. The monoisotopic (exact) mass is 539 g/mol. The highest BCUT2D eigenvalue weighted by Gasteiger charge is 2.27. The van der Waals surface area contributed by atoms with Crippen molar-refractivity contribution in [2.75, 3.05) is 6.61 Å². The van der Waals surface area contributed by atoms with Crippen LogP contribution in [0.1, 0.15) is 113 Å². The van der Waals surface area contributed by atoms with E-state index < -0.39 is 24.0 Å². The van der Waals surface area contributed by atoms with Gasteiger partial charge in [0.25, 0.3) is 5.91 Å². The summed E-state index contributed by atoms with van der Waals surface area (Å²) in [5, 5.41) is 22.1. The van der Waals surface area contributed by atoms with E-state index in [-0.39, 0.29) is 6.42 Å². The third-order valence-corrected chi connectivity index (χ3v) is 7.13. The van der Waals surface area contributed by atoms with Crippen LogP contribution in [0.5, 0.6) is 5.75 Å². The third kappa shape index (κ3) is 14.2. The van der Waals surface area contributed by atoms with Gasteiger partial charge in [-0.1, -0.05) is 121 Å². The van der Waals surface area contributed by atoms with E-state index in [2.05, 4.69) is 12.2 Å². The highest BCUT2D eigenvalue weighted by Crippen LogP contribution is 2.16. The van der Waals surface area contributed by atoms with Crippen LogP contribution >= 0.6 is 0 Å². The maximum Gasteiger partial charge on any atom is 0.334 e. The zero-order valence-corrected chi connectivity index (χ0v) is 23.8. The number of nitrogens with one attached hydrogen (secondary N) is 1. The second kappa shape index (κ2) is 20.1. The van der Waals surface area contributed by atoms with Crippen molar-refractivity contribution in [3.05, 3.63) is 65.7 Å². The van der Waals surface area contributed by atoms with Gasteiger partial charge in [0, 0.05) is 5.56 Å². The molecule has 6 heteroatoms. The molecule has 2 atom stereocenters. The number of hydrogen-bond donors (Lipinski definition) is 3. The summed E-state index contributed by atoms with van der Waals surface area (Å²) in [4.78, 5) is 24.1. The lowest BCUT2D eigenvalue weighted by atomic mass is 10.0. The second-order valence-corrected chi connectivity index (χ2v) is 10.5. The van der Waals surface area contributed by atoms with E-state index in [0.29, 0.717) is 17.9 Å². The number of carboxylic acid groups (broad SMARTS) is 1. The number of ether oxygens (including phenoxy) is 1. The number of aliphatic carboxylic acids is 1. The first-order valence-electron chi connectivity index (χ1n) is 15.0. The summed E-state index contributed by atoms with van der Waals surface area (Å²) >= 11 is 0. The Balaban J connectivity index is 1.59. The Kier molecular flexibility index (Phi) is 16.7. The summed E-state index contributed by atoms with van der Waals surface area (Å²) in [6.07, 6.45) is 17.0. The van der Waals surface area contributed by atoms with Crippen LogP contribution in [0.15, 0.2) is 54.6 Å². The molecule has 2 aromatic rings. The lowest BCUT2D eigenvalue weighted by molar-refractivity contribution is -0.148. The molecule has 0 unspecified atom stereocenters. The number of carboxylic acids is 1. The Morgan fingerprint density at radius 1 is 0.744 bits per heavy atom. The van der Waals surface area contributed by atoms with Crippen LogP contribution in [0.3, 0.4) is 0 Å². The molecule has 3 N–H and O–H groups in total. The van der Waals surface area contributed by atoms with Gasteiger partial charge in [0.2, 0.25) is 0 Å². The first-order chi connectivity index (χ1) is 19.0. The number of aliphatic hydroxyl groups excluding tert-OH is 1. The SMILES string of the molecule is CCCCCCCCCCCCCCCCOc1ccc(C(=O)N[C@@H](Cc2ccccc2)[C@@H](O)C(=O)O)cc1. The largest absolute Gasteiger partial charge is 0.494 e. The highest BCUT2D eigenvalue weighted by molar-refractivity contribution is 5.95. The van der Waals surface area contributed by atoms with Gasteiger partial charge in [-0.15, -0.1) is 0 Å². The van der Waals surface area contributed by atoms with Gasteiger partial charge in [0.15, 0.2) is 6.10 Å². The normalized spacial score (nSPS) is 12.6. The van der Waals surface area contributed by atoms with Crippen LogP contribution < -0.4 is 10.1 Å². The van der Waals surface area contributed by atoms with Crippen molar-refractivity contribution >= 4 is 11.9 Å². The van der Waals surface area contributed by atoms with Gasteiger partial charge in [0.1, 0.15) is 5.75 Å². The molecule has 1 amide bonds. The van der Waals surface area contributed by atoms with Crippen LogP contribution in [0.2, 0.25) is 0 Å². The third-order valence-electron chi connectivity index (χ3n) is 7.13. The van der Waals surface area contributed by atoms with Gasteiger partial charge in [-0.2, -0.15) is 0 Å². The van der Waals surface area contributed by atoms with Gasteiger partial charge >= 0.3 is 5.97 Å². The summed E-state index contributed by atoms with van der Waals surface area (Å²) in [5.74, 6) is -1.11. The molecule has 2 rings (SSSR count). The number of rotatable bonds is 22. The van der Waals surface area contributed by atoms with Crippen LogP contribution in [-0.4, -0.2) is 40.8 Å². The average Bonchev–Trinajstić information content (AvgIpc) is 2.95. The van der Waals surface area contributed by atoms with Crippen LogP contribution in [0, 0.1) is 0 Å². The molecular weight excluding hydrogens is 490 g/mol. The van der Waals surface area contributed by atoms with Crippen LogP contribution in [0.25, 0.3) is 0 Å². The van der Waals surface area contributed by atoms with Crippen molar-refractivity contribution in [3.8, 4) is 5.75 Å². The fraction of sp³-hybridized carbons (Fsp3) is 0.576. The average molecular weight is 540 g/mol. The molecule has 0 saturated carbocycles. The Morgan fingerprint density at radius 3 is 1.77 bits per heavy atom.